The highest BCUT2D eigenvalue weighted by molar-refractivity contribution is 9.09. The van der Waals surface area contributed by atoms with E-state index in [2.05, 4.69) is 20.9 Å². The number of oxazole rings is 1. The van der Waals surface area contributed by atoms with Crippen LogP contribution in [0, 0.1) is 0 Å². The molecule has 1 aromatic heterocycles. The summed E-state index contributed by atoms with van der Waals surface area (Å²) in [5.41, 5.74) is -1.33. The largest absolute Gasteiger partial charge is 0.433 e. The maximum atomic E-state index is 12.6. The number of carbonyl (C=O) groups excluding carboxylic acids is 1. The van der Waals surface area contributed by atoms with Crippen molar-refractivity contribution in [3.05, 3.63) is 29.7 Å². The summed E-state index contributed by atoms with van der Waals surface area (Å²) in [5, 5.41) is -0.0544. The minimum atomic E-state index is -4.53. The fraction of sp³-hybridized carbons (Fsp3) is 0.200. The fourth-order valence-corrected chi connectivity index (χ4v) is 1.59. The number of ketones is 1. The second-order valence-corrected chi connectivity index (χ2v) is 3.79. The van der Waals surface area contributed by atoms with Crippen LogP contribution >= 0.6 is 15.9 Å². The first-order valence-corrected chi connectivity index (χ1v) is 5.61. The molecule has 0 bridgehead atoms. The number of fused-ring (bicyclic) bond motifs is 1. The average molecular weight is 308 g/mol. The molecule has 17 heavy (non-hydrogen) atoms. The molecule has 2 rings (SSSR count). The van der Waals surface area contributed by atoms with Crippen molar-refractivity contribution in [2.75, 3.05) is 5.33 Å². The van der Waals surface area contributed by atoms with E-state index >= 15 is 0 Å². The Bertz CT molecular complexity index is 576. The van der Waals surface area contributed by atoms with Gasteiger partial charge in [-0.15, -0.1) is 0 Å². The zero-order valence-corrected chi connectivity index (χ0v) is 9.80. The highest BCUT2D eigenvalue weighted by Crippen LogP contribution is 2.35. The van der Waals surface area contributed by atoms with E-state index in [1.807, 2.05) is 0 Å². The molecular formula is C10H5BrF3NO2. The molecule has 0 N–H and O–H groups in total. The van der Waals surface area contributed by atoms with E-state index < -0.39 is 23.1 Å². The lowest BCUT2D eigenvalue weighted by atomic mass is 10.2. The first-order chi connectivity index (χ1) is 7.93. The topological polar surface area (TPSA) is 43.1 Å². The van der Waals surface area contributed by atoms with Crippen molar-refractivity contribution in [3.63, 3.8) is 0 Å². The monoisotopic (exact) mass is 307 g/mol. The van der Waals surface area contributed by atoms with E-state index in [9.17, 15) is 18.0 Å². The zero-order valence-electron chi connectivity index (χ0n) is 8.21. The van der Waals surface area contributed by atoms with Gasteiger partial charge >= 0.3 is 6.18 Å². The second kappa shape index (κ2) is 4.14. The van der Waals surface area contributed by atoms with Crippen molar-refractivity contribution in [3.8, 4) is 0 Å². The SMILES string of the molecule is O=C(CBr)c1nc2cccc(C(F)(F)F)c2o1. The predicted molar refractivity (Wildman–Crippen MR) is 57.1 cm³/mol. The van der Waals surface area contributed by atoms with Gasteiger partial charge < -0.3 is 4.42 Å². The van der Waals surface area contributed by atoms with E-state index in [-0.39, 0.29) is 16.7 Å². The molecule has 0 aliphatic rings. The molecule has 90 valence electrons. The van der Waals surface area contributed by atoms with Gasteiger partial charge in [0.15, 0.2) is 5.58 Å². The van der Waals surface area contributed by atoms with Crippen LogP contribution in [0.2, 0.25) is 0 Å². The third-order valence-corrected chi connectivity index (χ3v) is 2.59. The molecule has 0 saturated heterocycles. The van der Waals surface area contributed by atoms with Gasteiger partial charge in [0.05, 0.1) is 5.33 Å². The molecule has 7 heteroatoms. The quantitative estimate of drug-likeness (QED) is 0.630. The number of benzene rings is 1. The number of aromatic nitrogens is 1. The van der Waals surface area contributed by atoms with Crippen LogP contribution in [0.1, 0.15) is 16.2 Å². The fourth-order valence-electron chi connectivity index (χ4n) is 1.35. The van der Waals surface area contributed by atoms with Crippen LogP contribution in [0.15, 0.2) is 22.6 Å². The third kappa shape index (κ3) is 2.19. The van der Waals surface area contributed by atoms with E-state index in [1.54, 1.807) is 0 Å². The number of Topliss-reactive ketones (excluding diaryl/α,β-unsaturated/α-hetero) is 1. The smallest absolute Gasteiger partial charge is 0.420 e. The minimum Gasteiger partial charge on any atom is -0.433 e. The Kier molecular flexibility index (Phi) is 2.94. The Balaban J connectivity index is 2.65. The molecule has 0 spiro atoms. The molecule has 0 unspecified atom stereocenters. The number of hydrogen-bond donors (Lipinski definition) is 0. The van der Waals surface area contributed by atoms with Crippen molar-refractivity contribution in [2.45, 2.75) is 6.18 Å². The van der Waals surface area contributed by atoms with Crippen molar-refractivity contribution < 1.29 is 22.4 Å². The summed E-state index contributed by atoms with van der Waals surface area (Å²) in [4.78, 5) is 15.0. The molecule has 0 aliphatic carbocycles. The Morgan fingerprint density at radius 1 is 1.41 bits per heavy atom. The van der Waals surface area contributed by atoms with Crippen molar-refractivity contribution in [1.82, 2.24) is 4.98 Å². The summed E-state index contributed by atoms with van der Waals surface area (Å²) in [6, 6.07) is 3.46. The molecule has 0 fully saturated rings. The van der Waals surface area contributed by atoms with Gasteiger partial charge in [-0.05, 0) is 12.1 Å². The van der Waals surface area contributed by atoms with Gasteiger partial charge in [0.25, 0.3) is 5.89 Å². The summed E-state index contributed by atoms with van der Waals surface area (Å²) < 4.78 is 42.8. The van der Waals surface area contributed by atoms with Gasteiger partial charge in [-0.1, -0.05) is 22.0 Å². The standard InChI is InChI=1S/C10H5BrF3NO2/c11-4-7(16)9-15-6-3-1-2-5(8(6)17-9)10(12,13)14/h1-3H,4H2. The Labute approximate surface area is 102 Å². The number of alkyl halides is 4. The number of nitrogens with zero attached hydrogens (tertiary/aromatic N) is 1. The number of hydrogen-bond acceptors (Lipinski definition) is 3. The molecule has 1 heterocycles. The third-order valence-electron chi connectivity index (χ3n) is 2.08. The summed E-state index contributed by atoms with van der Waals surface area (Å²) in [5.74, 6) is -0.831. The van der Waals surface area contributed by atoms with Crippen molar-refractivity contribution >= 4 is 32.8 Å². The molecule has 0 saturated carbocycles. The van der Waals surface area contributed by atoms with Crippen LogP contribution in [0.4, 0.5) is 13.2 Å². The number of carbonyl (C=O) groups is 1. The zero-order chi connectivity index (χ0) is 12.6. The van der Waals surface area contributed by atoms with Gasteiger partial charge in [0.2, 0.25) is 5.78 Å². The summed E-state index contributed by atoms with van der Waals surface area (Å²) >= 11 is 2.89. The normalized spacial score (nSPS) is 12.0. The first kappa shape index (κ1) is 12.1. The maximum absolute atomic E-state index is 12.6. The average Bonchev–Trinajstić information content (AvgIpc) is 2.69. The van der Waals surface area contributed by atoms with Gasteiger partial charge in [-0.3, -0.25) is 4.79 Å². The molecule has 1 aromatic carbocycles. The van der Waals surface area contributed by atoms with Crippen molar-refractivity contribution in [2.24, 2.45) is 0 Å². The molecule has 2 aromatic rings. The highest BCUT2D eigenvalue weighted by atomic mass is 79.9. The molecule has 0 aliphatic heterocycles. The second-order valence-electron chi connectivity index (χ2n) is 3.23. The van der Waals surface area contributed by atoms with Crippen LogP contribution in [0.25, 0.3) is 11.1 Å². The minimum absolute atomic E-state index is 0.0177. The molecule has 3 nitrogen and oxygen atoms in total. The summed E-state index contributed by atoms with van der Waals surface area (Å²) in [6.07, 6.45) is -4.53. The van der Waals surface area contributed by atoms with Gasteiger partial charge in [-0.25, -0.2) is 4.98 Å². The van der Waals surface area contributed by atoms with Crippen LogP contribution in [-0.2, 0) is 6.18 Å². The molecule has 0 radical (unpaired) electrons. The van der Waals surface area contributed by atoms with Gasteiger partial charge in [0.1, 0.15) is 11.1 Å². The molecular weight excluding hydrogens is 303 g/mol. The van der Waals surface area contributed by atoms with Gasteiger partial charge in [0, 0.05) is 0 Å². The number of para-hydroxylation sites is 1. The highest BCUT2D eigenvalue weighted by Gasteiger charge is 2.34. The Hall–Kier alpha value is -1.37. The van der Waals surface area contributed by atoms with Crippen molar-refractivity contribution in [1.29, 1.82) is 0 Å². The number of halogens is 4. The van der Waals surface area contributed by atoms with E-state index in [0.717, 1.165) is 6.07 Å². The van der Waals surface area contributed by atoms with E-state index in [1.165, 1.54) is 12.1 Å². The summed E-state index contributed by atoms with van der Waals surface area (Å²) in [7, 11) is 0. The number of rotatable bonds is 2. The Morgan fingerprint density at radius 2 is 2.12 bits per heavy atom. The molecule has 0 amide bonds. The molecule has 0 atom stereocenters. The lowest BCUT2D eigenvalue weighted by Gasteiger charge is -2.05. The van der Waals surface area contributed by atoms with E-state index in [4.69, 9.17) is 4.42 Å². The lowest BCUT2D eigenvalue weighted by molar-refractivity contribution is -0.136. The van der Waals surface area contributed by atoms with Crippen LogP contribution in [-0.4, -0.2) is 16.1 Å². The Morgan fingerprint density at radius 3 is 2.71 bits per heavy atom. The van der Waals surface area contributed by atoms with Crippen LogP contribution in [0.5, 0.6) is 0 Å². The van der Waals surface area contributed by atoms with E-state index in [0.29, 0.717) is 0 Å². The van der Waals surface area contributed by atoms with Gasteiger partial charge in [-0.2, -0.15) is 13.2 Å². The van der Waals surface area contributed by atoms with Crippen LogP contribution < -0.4 is 0 Å². The predicted octanol–water partition coefficient (Wildman–Crippen LogP) is 3.42. The summed E-state index contributed by atoms with van der Waals surface area (Å²) in [6.45, 7) is 0. The maximum Gasteiger partial charge on any atom is 0.420 e. The lowest BCUT2D eigenvalue weighted by Crippen LogP contribution is -2.04. The van der Waals surface area contributed by atoms with Crippen LogP contribution in [0.3, 0.4) is 0 Å². The first-order valence-electron chi connectivity index (χ1n) is 4.49.